The van der Waals surface area contributed by atoms with Crippen LogP contribution in [-0.2, 0) is 6.42 Å². The van der Waals surface area contributed by atoms with E-state index in [9.17, 15) is 14.4 Å². The van der Waals surface area contributed by atoms with Crippen molar-refractivity contribution >= 4 is 34.7 Å². The van der Waals surface area contributed by atoms with Crippen LogP contribution in [0.15, 0.2) is 36.4 Å². The van der Waals surface area contributed by atoms with Gasteiger partial charge < -0.3 is 9.64 Å². The SMILES string of the molecule is CCc1cc(F)ccc1N1CN(c2ccc(OC)nc2C)C(=O)c2cc(Cl)c(C#N)nc21. The molecule has 0 saturated heterocycles. The highest BCUT2D eigenvalue weighted by atomic mass is 35.5. The molecule has 0 saturated carbocycles. The topological polar surface area (TPSA) is 82.4 Å². The molecular weight excluding hydrogens is 433 g/mol. The van der Waals surface area contributed by atoms with Crippen LogP contribution in [0.4, 0.5) is 21.6 Å². The van der Waals surface area contributed by atoms with E-state index in [2.05, 4.69) is 9.97 Å². The van der Waals surface area contributed by atoms with Gasteiger partial charge in [0.05, 0.1) is 29.1 Å². The van der Waals surface area contributed by atoms with Crippen LogP contribution in [0.3, 0.4) is 0 Å². The summed E-state index contributed by atoms with van der Waals surface area (Å²) in [6.45, 7) is 3.79. The van der Waals surface area contributed by atoms with Crippen LogP contribution in [0.5, 0.6) is 5.88 Å². The van der Waals surface area contributed by atoms with Crippen molar-refractivity contribution in [3.8, 4) is 11.9 Å². The van der Waals surface area contributed by atoms with E-state index in [0.29, 0.717) is 35.2 Å². The second-order valence-corrected chi connectivity index (χ2v) is 7.60. The smallest absolute Gasteiger partial charge is 0.263 e. The number of rotatable bonds is 4. The number of benzene rings is 1. The Morgan fingerprint density at radius 1 is 1.19 bits per heavy atom. The molecule has 0 fully saturated rings. The number of aromatic nitrogens is 2. The van der Waals surface area contributed by atoms with Crippen molar-refractivity contribution in [3.63, 3.8) is 0 Å². The van der Waals surface area contributed by atoms with E-state index >= 15 is 0 Å². The number of anilines is 3. The van der Waals surface area contributed by atoms with Crippen molar-refractivity contribution in [1.29, 1.82) is 5.26 Å². The number of halogens is 2. The molecule has 0 spiro atoms. The zero-order chi connectivity index (χ0) is 23.0. The van der Waals surface area contributed by atoms with Crippen LogP contribution in [0.2, 0.25) is 5.02 Å². The number of aryl methyl sites for hydroxylation is 2. The lowest BCUT2D eigenvalue weighted by atomic mass is 10.1. The largest absolute Gasteiger partial charge is 0.481 e. The first-order valence-electron chi connectivity index (χ1n) is 9.88. The number of carbonyl (C=O) groups excluding carboxylic acids is 1. The highest BCUT2D eigenvalue weighted by Crippen LogP contribution is 2.38. The Balaban J connectivity index is 1.93. The number of carbonyl (C=O) groups is 1. The number of hydrogen-bond donors (Lipinski definition) is 0. The minimum Gasteiger partial charge on any atom is -0.481 e. The fraction of sp³-hybridized carbons (Fsp3) is 0.217. The van der Waals surface area contributed by atoms with Crippen LogP contribution in [0.1, 0.15) is 34.2 Å². The Morgan fingerprint density at radius 2 is 1.94 bits per heavy atom. The summed E-state index contributed by atoms with van der Waals surface area (Å²) in [6, 6.07) is 11.3. The van der Waals surface area contributed by atoms with Gasteiger partial charge >= 0.3 is 0 Å². The molecule has 0 radical (unpaired) electrons. The molecule has 1 aliphatic rings. The van der Waals surface area contributed by atoms with E-state index in [1.165, 1.54) is 25.3 Å². The summed E-state index contributed by atoms with van der Waals surface area (Å²) in [7, 11) is 1.52. The Kier molecular flexibility index (Phi) is 5.68. The molecule has 162 valence electrons. The Bertz CT molecular complexity index is 1270. The molecule has 3 aromatic rings. The number of fused-ring (bicyclic) bond motifs is 1. The summed E-state index contributed by atoms with van der Waals surface area (Å²) in [5.41, 5.74) is 2.87. The maximum absolute atomic E-state index is 13.9. The Morgan fingerprint density at radius 3 is 2.59 bits per heavy atom. The van der Waals surface area contributed by atoms with Crippen molar-refractivity contribution in [1.82, 2.24) is 9.97 Å². The van der Waals surface area contributed by atoms with Gasteiger partial charge in [-0.1, -0.05) is 18.5 Å². The van der Waals surface area contributed by atoms with Gasteiger partial charge in [-0.25, -0.2) is 14.4 Å². The first kappa shape index (κ1) is 21.5. The zero-order valence-electron chi connectivity index (χ0n) is 17.7. The molecule has 3 heterocycles. The number of methoxy groups -OCH3 is 1. The lowest BCUT2D eigenvalue weighted by molar-refractivity contribution is 0.0982. The first-order valence-corrected chi connectivity index (χ1v) is 10.3. The molecule has 7 nitrogen and oxygen atoms in total. The van der Waals surface area contributed by atoms with E-state index in [-0.39, 0.29) is 34.7 Å². The first-order chi connectivity index (χ1) is 15.4. The molecular formula is C23H19ClFN5O2. The van der Waals surface area contributed by atoms with Gasteiger partial charge in [0, 0.05) is 11.8 Å². The summed E-state index contributed by atoms with van der Waals surface area (Å²) in [6.07, 6.45) is 0.564. The summed E-state index contributed by atoms with van der Waals surface area (Å²) < 4.78 is 19.1. The van der Waals surface area contributed by atoms with Crippen molar-refractivity contribution in [2.24, 2.45) is 0 Å². The zero-order valence-corrected chi connectivity index (χ0v) is 18.4. The van der Waals surface area contributed by atoms with Gasteiger partial charge in [-0.05, 0) is 49.2 Å². The highest BCUT2D eigenvalue weighted by molar-refractivity contribution is 6.32. The normalized spacial score (nSPS) is 13.1. The number of hydrogen-bond acceptors (Lipinski definition) is 6. The molecule has 9 heteroatoms. The van der Waals surface area contributed by atoms with Crippen LogP contribution in [-0.4, -0.2) is 29.7 Å². The van der Waals surface area contributed by atoms with Gasteiger partial charge in [-0.3, -0.25) is 9.69 Å². The number of ether oxygens (including phenoxy) is 1. The molecule has 0 atom stereocenters. The van der Waals surface area contributed by atoms with Gasteiger partial charge in [0.25, 0.3) is 5.91 Å². The maximum atomic E-state index is 13.9. The number of nitrogens with zero attached hydrogens (tertiary/aromatic N) is 5. The average molecular weight is 452 g/mol. The molecule has 1 aliphatic heterocycles. The lowest BCUT2D eigenvalue weighted by Gasteiger charge is -2.38. The molecule has 2 aromatic heterocycles. The molecule has 0 bridgehead atoms. The molecule has 4 rings (SSSR count). The van der Waals surface area contributed by atoms with Gasteiger partial charge in [0.2, 0.25) is 5.88 Å². The van der Waals surface area contributed by atoms with Crippen molar-refractivity contribution in [2.45, 2.75) is 20.3 Å². The Hall–Kier alpha value is -3.70. The van der Waals surface area contributed by atoms with Gasteiger partial charge in [0.1, 0.15) is 24.4 Å². The van der Waals surface area contributed by atoms with Gasteiger partial charge in [-0.2, -0.15) is 5.26 Å². The van der Waals surface area contributed by atoms with Crippen molar-refractivity contribution in [2.75, 3.05) is 23.6 Å². The number of pyridine rings is 2. The number of amides is 1. The monoisotopic (exact) mass is 451 g/mol. The van der Waals surface area contributed by atoms with E-state index in [4.69, 9.17) is 16.3 Å². The van der Waals surface area contributed by atoms with E-state index in [1.54, 1.807) is 34.9 Å². The number of nitriles is 1. The summed E-state index contributed by atoms with van der Waals surface area (Å²) in [4.78, 5) is 25.5. The van der Waals surface area contributed by atoms with E-state index in [0.717, 1.165) is 5.56 Å². The predicted molar refractivity (Wildman–Crippen MR) is 119 cm³/mol. The van der Waals surface area contributed by atoms with Crippen LogP contribution in [0.25, 0.3) is 0 Å². The highest BCUT2D eigenvalue weighted by Gasteiger charge is 2.35. The van der Waals surface area contributed by atoms with Gasteiger partial charge in [0.15, 0.2) is 5.69 Å². The standard InChI is InChI=1S/C23H19ClFN5O2/c1-4-14-9-15(25)5-6-20(14)29-12-30(19-7-8-21(32-3)27-13(19)2)23(31)16-10-17(24)18(11-26)28-22(16)29/h5-10H,4,12H2,1-3H3. The third kappa shape index (κ3) is 3.61. The predicted octanol–water partition coefficient (Wildman–Crippen LogP) is 4.78. The molecule has 0 N–H and O–H groups in total. The second kappa shape index (κ2) is 8.44. The summed E-state index contributed by atoms with van der Waals surface area (Å²) >= 11 is 6.21. The lowest BCUT2D eigenvalue weighted by Crippen LogP contribution is -2.46. The van der Waals surface area contributed by atoms with Crippen molar-refractivity contribution < 1.29 is 13.9 Å². The average Bonchev–Trinajstić information content (AvgIpc) is 2.79. The molecule has 0 unspecified atom stereocenters. The maximum Gasteiger partial charge on any atom is 0.263 e. The second-order valence-electron chi connectivity index (χ2n) is 7.19. The van der Waals surface area contributed by atoms with Crippen LogP contribution < -0.4 is 14.5 Å². The summed E-state index contributed by atoms with van der Waals surface area (Å²) in [5.74, 6) is 0.0499. The minimum atomic E-state index is -0.354. The van der Waals surface area contributed by atoms with E-state index < -0.39 is 0 Å². The summed E-state index contributed by atoms with van der Waals surface area (Å²) in [5, 5.41) is 9.50. The molecule has 32 heavy (non-hydrogen) atoms. The van der Waals surface area contributed by atoms with Crippen LogP contribution >= 0.6 is 11.6 Å². The molecule has 1 amide bonds. The van der Waals surface area contributed by atoms with Crippen molar-refractivity contribution in [3.05, 3.63) is 69.8 Å². The minimum absolute atomic E-state index is 0.0131. The van der Waals surface area contributed by atoms with E-state index in [1.807, 2.05) is 13.0 Å². The van der Waals surface area contributed by atoms with Crippen LogP contribution in [0, 0.1) is 24.1 Å². The quantitative estimate of drug-likeness (QED) is 0.568. The third-order valence-corrected chi connectivity index (χ3v) is 5.61. The fourth-order valence-corrected chi connectivity index (χ4v) is 3.94. The fourth-order valence-electron chi connectivity index (χ4n) is 3.74. The van der Waals surface area contributed by atoms with Gasteiger partial charge in [-0.15, -0.1) is 0 Å². The Labute approximate surface area is 189 Å². The third-order valence-electron chi connectivity index (χ3n) is 5.32. The molecule has 0 aliphatic carbocycles. The molecule has 1 aromatic carbocycles.